The zero-order valence-electron chi connectivity index (χ0n) is 10.9. The molecule has 102 valence electrons. The van der Waals surface area contributed by atoms with Crippen molar-refractivity contribution < 1.29 is 0 Å². The molecular formula is C15H13Cl2N3. The summed E-state index contributed by atoms with van der Waals surface area (Å²) >= 11 is 12.6. The maximum Gasteiger partial charge on any atom is 0.142 e. The van der Waals surface area contributed by atoms with Crippen LogP contribution in [0.3, 0.4) is 0 Å². The first-order valence-corrected chi connectivity index (χ1v) is 7.07. The number of nitrogens with zero attached hydrogens (tertiary/aromatic N) is 2. The maximum atomic E-state index is 6.29. The molecule has 5 heteroatoms. The van der Waals surface area contributed by atoms with Crippen LogP contribution in [0.4, 0.5) is 5.69 Å². The second-order valence-electron chi connectivity index (χ2n) is 4.53. The van der Waals surface area contributed by atoms with Gasteiger partial charge in [0.15, 0.2) is 0 Å². The second-order valence-corrected chi connectivity index (χ2v) is 5.34. The summed E-state index contributed by atoms with van der Waals surface area (Å²) in [5.41, 5.74) is 9.03. The van der Waals surface area contributed by atoms with Crippen LogP contribution in [-0.4, -0.2) is 9.55 Å². The van der Waals surface area contributed by atoms with Crippen molar-refractivity contribution in [3.8, 4) is 11.4 Å². The van der Waals surface area contributed by atoms with E-state index in [-0.39, 0.29) is 0 Å². The molecule has 0 atom stereocenters. The molecule has 0 radical (unpaired) electrons. The summed E-state index contributed by atoms with van der Waals surface area (Å²) in [5.74, 6) is 0.806. The normalized spacial score (nSPS) is 11.2. The van der Waals surface area contributed by atoms with Crippen LogP contribution in [0.2, 0.25) is 10.0 Å². The van der Waals surface area contributed by atoms with Crippen LogP contribution < -0.4 is 5.73 Å². The molecule has 0 amide bonds. The Balaban J connectivity index is 2.33. The summed E-state index contributed by atoms with van der Waals surface area (Å²) in [6.07, 6.45) is 0. The number of hydrogen-bond donors (Lipinski definition) is 1. The van der Waals surface area contributed by atoms with Crippen molar-refractivity contribution in [2.45, 2.75) is 13.5 Å². The molecule has 2 aromatic carbocycles. The van der Waals surface area contributed by atoms with E-state index in [2.05, 4.69) is 16.5 Å². The van der Waals surface area contributed by atoms with Crippen molar-refractivity contribution in [3.63, 3.8) is 0 Å². The van der Waals surface area contributed by atoms with E-state index in [9.17, 15) is 0 Å². The van der Waals surface area contributed by atoms with Gasteiger partial charge < -0.3 is 10.3 Å². The molecule has 0 fully saturated rings. The minimum atomic E-state index is 0.589. The first-order chi connectivity index (χ1) is 9.61. The fourth-order valence-electron chi connectivity index (χ4n) is 2.37. The van der Waals surface area contributed by atoms with Gasteiger partial charge in [-0.15, -0.1) is 0 Å². The number of aromatic nitrogens is 2. The number of fused-ring (bicyclic) bond motifs is 1. The number of para-hydroxylation sites is 1. The molecule has 0 spiro atoms. The quantitative estimate of drug-likeness (QED) is 0.702. The predicted molar refractivity (Wildman–Crippen MR) is 85.3 cm³/mol. The topological polar surface area (TPSA) is 43.8 Å². The highest BCUT2D eigenvalue weighted by Crippen LogP contribution is 2.33. The first kappa shape index (κ1) is 13.3. The standard InChI is InChI=1S/C15H13Cl2N3/c1-2-20-14-11(16)4-3-5-13(14)19-15(20)10-7-6-9(18)8-12(10)17/h3-8H,2,18H2,1H3. The van der Waals surface area contributed by atoms with Gasteiger partial charge in [0.25, 0.3) is 0 Å². The van der Waals surface area contributed by atoms with E-state index in [1.807, 2.05) is 30.3 Å². The van der Waals surface area contributed by atoms with Gasteiger partial charge in [-0.1, -0.05) is 29.3 Å². The summed E-state index contributed by atoms with van der Waals surface area (Å²) in [6.45, 7) is 2.81. The highest BCUT2D eigenvalue weighted by molar-refractivity contribution is 6.35. The zero-order chi connectivity index (χ0) is 14.3. The molecule has 2 N–H and O–H groups in total. The SMILES string of the molecule is CCn1c(-c2ccc(N)cc2Cl)nc2cccc(Cl)c21. The Bertz CT molecular complexity index is 793. The Morgan fingerprint density at radius 2 is 1.95 bits per heavy atom. The largest absolute Gasteiger partial charge is 0.399 e. The molecule has 0 aliphatic rings. The van der Waals surface area contributed by atoms with Gasteiger partial charge in [-0.25, -0.2) is 4.98 Å². The third kappa shape index (κ3) is 2.03. The molecule has 0 unspecified atom stereocenters. The average molecular weight is 306 g/mol. The Kier molecular flexibility index (Phi) is 3.32. The van der Waals surface area contributed by atoms with Gasteiger partial charge in [-0.3, -0.25) is 0 Å². The summed E-state index contributed by atoms with van der Waals surface area (Å²) in [5, 5.41) is 1.28. The third-order valence-corrected chi connectivity index (χ3v) is 3.89. The molecule has 3 aromatic rings. The van der Waals surface area contributed by atoms with Crippen molar-refractivity contribution in [2.24, 2.45) is 0 Å². The molecule has 20 heavy (non-hydrogen) atoms. The summed E-state index contributed by atoms with van der Waals surface area (Å²) in [6, 6.07) is 11.2. The van der Waals surface area contributed by atoms with Gasteiger partial charge >= 0.3 is 0 Å². The molecular weight excluding hydrogens is 293 g/mol. The minimum absolute atomic E-state index is 0.589. The summed E-state index contributed by atoms with van der Waals surface area (Å²) in [4.78, 5) is 4.66. The van der Waals surface area contributed by atoms with Gasteiger partial charge in [0.2, 0.25) is 0 Å². The van der Waals surface area contributed by atoms with E-state index in [4.69, 9.17) is 28.9 Å². The molecule has 0 saturated heterocycles. The minimum Gasteiger partial charge on any atom is -0.399 e. The lowest BCUT2D eigenvalue weighted by Gasteiger charge is -2.08. The van der Waals surface area contributed by atoms with Crippen LogP contribution in [0.5, 0.6) is 0 Å². The van der Waals surface area contributed by atoms with E-state index < -0.39 is 0 Å². The molecule has 3 rings (SSSR count). The number of anilines is 1. The van der Waals surface area contributed by atoms with E-state index in [0.717, 1.165) is 29.0 Å². The van der Waals surface area contributed by atoms with Gasteiger partial charge in [-0.05, 0) is 37.3 Å². The van der Waals surface area contributed by atoms with Crippen LogP contribution >= 0.6 is 23.2 Å². The smallest absolute Gasteiger partial charge is 0.142 e. The van der Waals surface area contributed by atoms with Crippen molar-refractivity contribution in [2.75, 3.05) is 5.73 Å². The van der Waals surface area contributed by atoms with Gasteiger partial charge in [0.1, 0.15) is 5.82 Å². The molecule has 1 heterocycles. The Hall–Kier alpha value is -1.71. The van der Waals surface area contributed by atoms with Crippen molar-refractivity contribution in [3.05, 3.63) is 46.4 Å². The number of halogens is 2. The number of hydrogen-bond acceptors (Lipinski definition) is 2. The number of imidazole rings is 1. The van der Waals surface area contributed by atoms with Gasteiger partial charge in [0.05, 0.1) is 21.1 Å². The highest BCUT2D eigenvalue weighted by atomic mass is 35.5. The monoisotopic (exact) mass is 305 g/mol. The van der Waals surface area contributed by atoms with E-state index >= 15 is 0 Å². The number of nitrogen functional groups attached to an aromatic ring is 1. The molecule has 1 aromatic heterocycles. The van der Waals surface area contributed by atoms with Crippen LogP contribution in [0.1, 0.15) is 6.92 Å². The molecule has 0 bridgehead atoms. The lowest BCUT2D eigenvalue weighted by atomic mass is 10.2. The van der Waals surface area contributed by atoms with Crippen LogP contribution in [0.25, 0.3) is 22.4 Å². The Labute approximate surface area is 126 Å². The average Bonchev–Trinajstić information content (AvgIpc) is 2.78. The lowest BCUT2D eigenvalue weighted by Crippen LogP contribution is -1.98. The lowest BCUT2D eigenvalue weighted by molar-refractivity contribution is 0.796. The molecule has 0 saturated carbocycles. The molecule has 0 aliphatic carbocycles. The maximum absolute atomic E-state index is 6.29. The number of aryl methyl sites for hydroxylation is 1. The number of nitrogens with two attached hydrogens (primary N) is 1. The van der Waals surface area contributed by atoms with E-state index in [1.165, 1.54) is 0 Å². The van der Waals surface area contributed by atoms with Crippen molar-refractivity contribution in [1.29, 1.82) is 0 Å². The van der Waals surface area contributed by atoms with Crippen LogP contribution in [-0.2, 0) is 6.54 Å². The molecule has 0 aliphatic heterocycles. The fourth-order valence-corrected chi connectivity index (χ4v) is 2.91. The van der Waals surface area contributed by atoms with Gasteiger partial charge in [0, 0.05) is 17.8 Å². The first-order valence-electron chi connectivity index (χ1n) is 6.32. The molecule has 3 nitrogen and oxygen atoms in total. The summed E-state index contributed by atoms with van der Waals surface area (Å²) < 4.78 is 2.06. The number of rotatable bonds is 2. The third-order valence-electron chi connectivity index (χ3n) is 3.27. The zero-order valence-corrected chi connectivity index (χ0v) is 12.4. The predicted octanol–water partition coefficient (Wildman–Crippen LogP) is 4.61. The second kappa shape index (κ2) is 5.00. The van der Waals surface area contributed by atoms with Crippen molar-refractivity contribution >= 4 is 39.9 Å². The van der Waals surface area contributed by atoms with Crippen LogP contribution in [0, 0.1) is 0 Å². The Morgan fingerprint density at radius 1 is 1.15 bits per heavy atom. The fraction of sp³-hybridized carbons (Fsp3) is 0.133. The number of benzene rings is 2. The summed E-state index contributed by atoms with van der Waals surface area (Å²) in [7, 11) is 0. The van der Waals surface area contributed by atoms with Crippen molar-refractivity contribution in [1.82, 2.24) is 9.55 Å². The van der Waals surface area contributed by atoms with E-state index in [1.54, 1.807) is 6.07 Å². The Morgan fingerprint density at radius 3 is 2.65 bits per heavy atom. The van der Waals surface area contributed by atoms with Crippen LogP contribution in [0.15, 0.2) is 36.4 Å². The highest BCUT2D eigenvalue weighted by Gasteiger charge is 2.15. The van der Waals surface area contributed by atoms with E-state index in [0.29, 0.717) is 15.7 Å². The van der Waals surface area contributed by atoms with Gasteiger partial charge in [-0.2, -0.15) is 0 Å².